The molecule has 13 nitrogen and oxygen atoms in total. The number of nitrogens with one attached hydrogen (secondary N) is 4. The quantitative estimate of drug-likeness (QED) is 0.0952. The third kappa shape index (κ3) is 6.35. The number of halogens is 1. The minimum atomic E-state index is -1.25. The number of hydrogen-bond acceptors (Lipinski definition) is 9. The standard InChI is InChI=1S/C44H47FN8O5/c1-23(2)39(51-44(55)56-3)42(54)52-14-5-7-34(52)41-48-21-31(50-41)25-10-11-33-28(16-25)18-35-38-29(45)17-27(32-22-47-40(49-32)30-6-4-13-46-30)20-37(38)58-43(53(33)35)26-9-8-24-12-15-57-36(24)19-26/h8-11,16-23,30,34,39,43-44,46,51,55H,4-7,12-15H2,1-3H3,(H,47,49)(H,48,50). The van der Waals surface area contributed by atoms with Crippen molar-refractivity contribution in [3.05, 3.63) is 95.6 Å². The zero-order valence-corrected chi connectivity index (χ0v) is 32.7. The average molecular weight is 787 g/mol. The first-order valence-electron chi connectivity index (χ1n) is 20.3. The van der Waals surface area contributed by atoms with E-state index in [9.17, 15) is 9.90 Å². The molecular weight excluding hydrogens is 740 g/mol. The van der Waals surface area contributed by atoms with Gasteiger partial charge in [0.1, 0.15) is 29.0 Å². The number of hydrogen-bond donors (Lipinski definition) is 5. The van der Waals surface area contributed by atoms with Crippen molar-refractivity contribution in [2.45, 2.75) is 76.7 Å². The molecule has 4 aliphatic rings. The van der Waals surface area contributed by atoms with E-state index in [-0.39, 0.29) is 29.7 Å². The summed E-state index contributed by atoms with van der Waals surface area (Å²) in [4.78, 5) is 32.0. The third-order valence-corrected chi connectivity index (χ3v) is 12.2. The van der Waals surface area contributed by atoms with Crippen molar-refractivity contribution in [3.8, 4) is 45.3 Å². The SMILES string of the molecule is COC(O)NC(C(=O)N1CCCC1c1ncc(-c2ccc3c(c2)cc2n3C(c3ccc4c(c3)OCC4)Oc3cc(-c4cnc(C5CCCN5)[nH]4)cc(F)c3-2)[nH]1)C(C)C. The first kappa shape index (κ1) is 36.8. The zero-order chi connectivity index (χ0) is 39.7. The van der Waals surface area contributed by atoms with Crippen molar-refractivity contribution in [3.63, 3.8) is 0 Å². The molecule has 5 N–H and O–H groups in total. The molecule has 6 aromatic rings. The average Bonchev–Trinajstić information content (AvgIpc) is 4.08. The molecule has 300 valence electrons. The van der Waals surface area contributed by atoms with E-state index < -0.39 is 18.7 Å². The number of H-pyrrole nitrogens is 2. The van der Waals surface area contributed by atoms with Gasteiger partial charge < -0.3 is 44.1 Å². The van der Waals surface area contributed by atoms with E-state index in [0.717, 1.165) is 89.2 Å². The lowest BCUT2D eigenvalue weighted by Crippen LogP contribution is -2.52. The lowest BCUT2D eigenvalue weighted by atomic mass is 10.0. The number of nitrogens with zero attached hydrogens (tertiary/aromatic N) is 4. The molecule has 2 fully saturated rings. The largest absolute Gasteiger partial charge is 0.493 e. The van der Waals surface area contributed by atoms with Crippen molar-refractivity contribution < 1.29 is 28.5 Å². The summed E-state index contributed by atoms with van der Waals surface area (Å²) in [7, 11) is 1.39. The van der Waals surface area contributed by atoms with Gasteiger partial charge in [-0.15, -0.1) is 0 Å². The van der Waals surface area contributed by atoms with E-state index in [2.05, 4.69) is 48.4 Å². The molecule has 3 aromatic carbocycles. The summed E-state index contributed by atoms with van der Waals surface area (Å²) in [6.45, 7) is 6.07. The molecule has 5 atom stereocenters. The summed E-state index contributed by atoms with van der Waals surface area (Å²) >= 11 is 0. The highest BCUT2D eigenvalue weighted by Crippen LogP contribution is 2.48. The second-order valence-electron chi connectivity index (χ2n) is 16.1. The van der Waals surface area contributed by atoms with Gasteiger partial charge in [-0.2, -0.15) is 0 Å². The van der Waals surface area contributed by atoms with Crippen LogP contribution < -0.4 is 20.1 Å². The van der Waals surface area contributed by atoms with Gasteiger partial charge in [0, 0.05) is 42.2 Å². The number of fused-ring (bicyclic) bond motifs is 6. The number of aromatic amines is 2. The molecule has 0 bridgehead atoms. The molecule has 4 aliphatic heterocycles. The van der Waals surface area contributed by atoms with Crippen LogP contribution in [0.1, 0.15) is 80.6 Å². The van der Waals surface area contributed by atoms with Crippen LogP contribution >= 0.6 is 0 Å². The maximum atomic E-state index is 16.6. The molecular formula is C44H47FN8O5. The Morgan fingerprint density at radius 1 is 0.983 bits per heavy atom. The predicted octanol–water partition coefficient (Wildman–Crippen LogP) is 6.73. The summed E-state index contributed by atoms with van der Waals surface area (Å²) in [5.41, 5.74) is 7.16. The van der Waals surface area contributed by atoms with Crippen LogP contribution in [0.25, 0.3) is 44.7 Å². The number of imidazole rings is 2. The van der Waals surface area contributed by atoms with Crippen molar-refractivity contribution in [2.24, 2.45) is 5.92 Å². The van der Waals surface area contributed by atoms with Crippen LogP contribution in [0.3, 0.4) is 0 Å². The zero-order valence-electron chi connectivity index (χ0n) is 32.7. The van der Waals surface area contributed by atoms with Crippen LogP contribution in [-0.4, -0.2) is 79.7 Å². The first-order chi connectivity index (χ1) is 28.2. The minimum Gasteiger partial charge on any atom is -0.493 e. The normalized spacial score (nSPS) is 20.9. The molecule has 1 amide bonds. The number of carbonyl (C=O) groups excluding carboxylic acids is 1. The molecule has 5 unspecified atom stereocenters. The van der Waals surface area contributed by atoms with Gasteiger partial charge >= 0.3 is 0 Å². The van der Waals surface area contributed by atoms with Crippen molar-refractivity contribution in [2.75, 3.05) is 26.8 Å². The van der Waals surface area contributed by atoms with E-state index in [0.29, 0.717) is 41.5 Å². The molecule has 0 spiro atoms. The molecule has 0 aliphatic carbocycles. The summed E-state index contributed by atoms with van der Waals surface area (Å²) < 4.78 is 36.4. The smallest absolute Gasteiger partial charge is 0.240 e. The van der Waals surface area contributed by atoms with Gasteiger partial charge in [0.15, 0.2) is 0 Å². The van der Waals surface area contributed by atoms with Gasteiger partial charge in [-0.25, -0.2) is 14.4 Å². The van der Waals surface area contributed by atoms with E-state index in [1.807, 2.05) is 49.1 Å². The van der Waals surface area contributed by atoms with Crippen molar-refractivity contribution in [1.82, 2.24) is 40.0 Å². The Bertz CT molecular complexity index is 2520. The number of amides is 1. The van der Waals surface area contributed by atoms with Crippen LogP contribution in [0, 0.1) is 11.7 Å². The maximum absolute atomic E-state index is 16.6. The van der Waals surface area contributed by atoms with Gasteiger partial charge in [0.05, 0.1) is 65.3 Å². The van der Waals surface area contributed by atoms with Crippen molar-refractivity contribution >= 4 is 16.8 Å². The Morgan fingerprint density at radius 2 is 1.81 bits per heavy atom. The Balaban J connectivity index is 1.01. The fraction of sp³-hybridized carbons (Fsp3) is 0.386. The van der Waals surface area contributed by atoms with Gasteiger partial charge in [-0.05, 0) is 80.1 Å². The first-order valence-corrected chi connectivity index (χ1v) is 20.3. The second-order valence-corrected chi connectivity index (χ2v) is 16.1. The van der Waals surface area contributed by atoms with Gasteiger partial charge in [-0.3, -0.25) is 10.1 Å². The lowest BCUT2D eigenvalue weighted by molar-refractivity contribution is -0.145. The molecule has 3 aromatic heterocycles. The molecule has 0 radical (unpaired) electrons. The van der Waals surface area contributed by atoms with E-state index in [4.69, 9.17) is 19.2 Å². The van der Waals surface area contributed by atoms with Crippen LogP contribution in [0.5, 0.6) is 11.5 Å². The van der Waals surface area contributed by atoms with Gasteiger partial charge in [0.25, 0.3) is 0 Å². The van der Waals surface area contributed by atoms with E-state index in [1.54, 1.807) is 18.5 Å². The van der Waals surface area contributed by atoms with E-state index in [1.165, 1.54) is 7.11 Å². The van der Waals surface area contributed by atoms with Crippen LogP contribution in [0.4, 0.5) is 4.39 Å². The third-order valence-electron chi connectivity index (χ3n) is 12.2. The number of benzene rings is 3. The number of carbonyl (C=O) groups is 1. The number of ether oxygens (including phenoxy) is 3. The number of rotatable bonds is 10. The predicted molar refractivity (Wildman–Crippen MR) is 215 cm³/mol. The Morgan fingerprint density at radius 3 is 2.62 bits per heavy atom. The number of aromatic nitrogens is 5. The number of likely N-dealkylation sites (tertiary alicyclic amines) is 1. The van der Waals surface area contributed by atoms with Crippen molar-refractivity contribution in [1.29, 1.82) is 0 Å². The molecule has 0 saturated carbocycles. The molecule has 58 heavy (non-hydrogen) atoms. The fourth-order valence-corrected chi connectivity index (χ4v) is 9.15. The fourth-order valence-electron chi connectivity index (χ4n) is 9.15. The van der Waals surface area contributed by atoms with Gasteiger partial charge in [-0.1, -0.05) is 32.0 Å². The summed E-state index contributed by atoms with van der Waals surface area (Å²) in [6, 6.07) is 17.2. The Labute approximate surface area is 334 Å². The Kier molecular flexibility index (Phi) is 9.31. The number of aliphatic hydroxyl groups is 1. The highest BCUT2D eigenvalue weighted by Gasteiger charge is 2.38. The summed E-state index contributed by atoms with van der Waals surface area (Å²) in [5.74, 6) is 2.30. The Hall–Kier alpha value is -5.54. The lowest BCUT2D eigenvalue weighted by Gasteiger charge is -2.31. The van der Waals surface area contributed by atoms with Gasteiger partial charge in [0.2, 0.25) is 18.5 Å². The minimum absolute atomic E-state index is 0.0715. The highest BCUT2D eigenvalue weighted by atomic mass is 19.1. The summed E-state index contributed by atoms with van der Waals surface area (Å²) in [6.07, 6.45) is 6.30. The monoisotopic (exact) mass is 786 g/mol. The number of methoxy groups -OCH3 is 1. The summed E-state index contributed by atoms with van der Waals surface area (Å²) in [5, 5.41) is 17.4. The second kappa shape index (κ2) is 14.7. The maximum Gasteiger partial charge on any atom is 0.240 e. The van der Waals surface area contributed by atoms with E-state index >= 15 is 4.39 Å². The van der Waals surface area contributed by atoms with Crippen LogP contribution in [0.15, 0.2) is 67.0 Å². The topological polar surface area (TPSA) is 155 Å². The highest BCUT2D eigenvalue weighted by molar-refractivity contribution is 5.92. The van der Waals surface area contributed by atoms with Crippen LogP contribution in [-0.2, 0) is 16.0 Å². The molecule has 7 heterocycles. The molecule has 10 rings (SSSR count). The van der Waals surface area contributed by atoms with Crippen LogP contribution in [0.2, 0.25) is 0 Å². The molecule has 2 saturated heterocycles. The molecule has 14 heteroatoms. The number of aliphatic hydroxyl groups excluding tert-OH is 1.